The molecule has 3 N–H and O–H groups in total. The Morgan fingerprint density at radius 2 is 2.43 bits per heavy atom. The Kier molecular flexibility index (Phi) is 4.25. The summed E-state index contributed by atoms with van der Waals surface area (Å²) >= 11 is 5.69. The first kappa shape index (κ1) is 10.8. The molecule has 0 spiro atoms. The minimum atomic E-state index is 0.267. The number of halogens is 1. The van der Waals surface area contributed by atoms with Crippen LogP contribution in [0.5, 0.6) is 0 Å². The highest BCUT2D eigenvalue weighted by Crippen LogP contribution is 2.06. The fraction of sp³-hybridized carbons (Fsp3) is 0.500. The van der Waals surface area contributed by atoms with Crippen molar-refractivity contribution in [3.63, 3.8) is 0 Å². The van der Waals surface area contributed by atoms with E-state index in [-0.39, 0.29) is 5.84 Å². The molecule has 0 amide bonds. The van der Waals surface area contributed by atoms with E-state index in [0.29, 0.717) is 11.4 Å². The summed E-state index contributed by atoms with van der Waals surface area (Å²) in [6.45, 7) is 0.797. The Morgan fingerprint density at radius 3 is 3.00 bits per heavy atom. The summed E-state index contributed by atoms with van der Waals surface area (Å²) in [5.41, 5.74) is 5.31. The predicted molar refractivity (Wildman–Crippen MR) is 54.5 cm³/mol. The van der Waals surface area contributed by atoms with Crippen molar-refractivity contribution in [1.82, 2.24) is 9.78 Å². The van der Waals surface area contributed by atoms with Crippen LogP contribution in [0.4, 0.5) is 0 Å². The second kappa shape index (κ2) is 5.49. The zero-order valence-electron chi connectivity index (χ0n) is 7.73. The molecule has 0 aliphatic carbocycles. The maximum absolute atomic E-state index is 8.28. The van der Waals surface area contributed by atoms with Crippen LogP contribution in [-0.4, -0.2) is 20.8 Å². The van der Waals surface area contributed by atoms with Gasteiger partial charge in [-0.05, 0) is 12.8 Å². The fourth-order valence-corrected chi connectivity index (χ4v) is 1.25. The third-order valence-electron chi connectivity index (χ3n) is 1.80. The third-order valence-corrected chi connectivity index (χ3v) is 2.00. The Hall–Kier alpha value is -1.23. The quantitative estimate of drug-likeness (QED) is 0.257. The van der Waals surface area contributed by atoms with Crippen molar-refractivity contribution in [3.05, 3.63) is 17.4 Å². The van der Waals surface area contributed by atoms with Crippen LogP contribution in [0, 0.1) is 0 Å². The van der Waals surface area contributed by atoms with Crippen molar-refractivity contribution in [2.24, 2.45) is 10.9 Å². The molecule has 6 heteroatoms. The first-order chi connectivity index (χ1) is 6.72. The van der Waals surface area contributed by atoms with Gasteiger partial charge in [-0.2, -0.15) is 5.10 Å². The number of hydrogen-bond donors (Lipinski definition) is 2. The highest BCUT2D eigenvalue weighted by atomic mass is 35.5. The SMILES string of the molecule is NC(CCCCn1cc(Cl)cn1)=NO. The highest BCUT2D eigenvalue weighted by Gasteiger charge is 1.97. The zero-order chi connectivity index (χ0) is 10.4. The van der Waals surface area contributed by atoms with Gasteiger partial charge < -0.3 is 10.9 Å². The molecule has 0 unspecified atom stereocenters. The molecule has 0 aromatic carbocycles. The van der Waals surface area contributed by atoms with E-state index in [1.54, 1.807) is 17.1 Å². The average molecular weight is 217 g/mol. The number of unbranched alkanes of at least 4 members (excludes halogenated alkanes) is 1. The van der Waals surface area contributed by atoms with Crippen LogP contribution >= 0.6 is 11.6 Å². The van der Waals surface area contributed by atoms with E-state index in [1.165, 1.54) is 0 Å². The third kappa shape index (κ3) is 3.66. The standard InChI is InChI=1S/C8H13ClN4O/c9-7-5-11-13(6-7)4-2-1-3-8(10)12-14/h5-6,14H,1-4H2,(H2,10,12). The minimum absolute atomic E-state index is 0.267. The van der Waals surface area contributed by atoms with Gasteiger partial charge in [0.05, 0.1) is 11.2 Å². The molecule has 0 radical (unpaired) electrons. The molecule has 0 fully saturated rings. The van der Waals surface area contributed by atoms with Crippen molar-refractivity contribution in [2.75, 3.05) is 0 Å². The summed E-state index contributed by atoms with van der Waals surface area (Å²) in [6.07, 6.45) is 5.77. The van der Waals surface area contributed by atoms with Crippen LogP contribution in [0.25, 0.3) is 0 Å². The first-order valence-corrected chi connectivity index (χ1v) is 4.74. The number of nitrogens with zero attached hydrogens (tertiary/aromatic N) is 3. The lowest BCUT2D eigenvalue weighted by atomic mass is 10.2. The van der Waals surface area contributed by atoms with Gasteiger partial charge in [0.15, 0.2) is 0 Å². The summed E-state index contributed by atoms with van der Waals surface area (Å²) in [5.74, 6) is 0.267. The number of oxime groups is 1. The Morgan fingerprint density at radius 1 is 1.64 bits per heavy atom. The maximum Gasteiger partial charge on any atom is 0.139 e. The maximum atomic E-state index is 8.28. The topological polar surface area (TPSA) is 76.4 Å². The van der Waals surface area contributed by atoms with Gasteiger partial charge >= 0.3 is 0 Å². The van der Waals surface area contributed by atoms with E-state index >= 15 is 0 Å². The van der Waals surface area contributed by atoms with E-state index in [9.17, 15) is 0 Å². The Bertz CT molecular complexity index is 310. The van der Waals surface area contributed by atoms with Crippen molar-refractivity contribution >= 4 is 17.4 Å². The van der Waals surface area contributed by atoms with E-state index in [2.05, 4.69) is 10.3 Å². The van der Waals surface area contributed by atoms with Gasteiger partial charge in [-0.15, -0.1) is 0 Å². The van der Waals surface area contributed by atoms with Crippen molar-refractivity contribution in [1.29, 1.82) is 0 Å². The normalized spacial score (nSPS) is 11.9. The van der Waals surface area contributed by atoms with E-state index < -0.39 is 0 Å². The average Bonchev–Trinajstić information content (AvgIpc) is 2.58. The van der Waals surface area contributed by atoms with Crippen LogP contribution in [0.2, 0.25) is 5.02 Å². The molecular formula is C8H13ClN4O. The van der Waals surface area contributed by atoms with Crippen LogP contribution in [-0.2, 0) is 6.54 Å². The summed E-state index contributed by atoms with van der Waals surface area (Å²) in [5, 5.41) is 15.8. The van der Waals surface area contributed by atoms with E-state index in [1.807, 2.05) is 0 Å². The number of hydrogen-bond acceptors (Lipinski definition) is 3. The van der Waals surface area contributed by atoms with Crippen molar-refractivity contribution in [3.8, 4) is 0 Å². The van der Waals surface area contributed by atoms with E-state index in [4.69, 9.17) is 22.5 Å². The fourth-order valence-electron chi connectivity index (χ4n) is 1.09. The number of aromatic nitrogens is 2. The van der Waals surface area contributed by atoms with Gasteiger partial charge in [0, 0.05) is 19.2 Å². The molecule has 5 nitrogen and oxygen atoms in total. The van der Waals surface area contributed by atoms with Crippen LogP contribution in [0.3, 0.4) is 0 Å². The molecule has 1 aromatic heterocycles. The minimum Gasteiger partial charge on any atom is -0.409 e. The lowest BCUT2D eigenvalue weighted by molar-refractivity contribution is 0.316. The molecule has 0 aliphatic heterocycles. The van der Waals surface area contributed by atoms with Gasteiger partial charge in [-0.1, -0.05) is 16.8 Å². The van der Waals surface area contributed by atoms with Gasteiger partial charge in [0.2, 0.25) is 0 Å². The monoisotopic (exact) mass is 216 g/mol. The smallest absolute Gasteiger partial charge is 0.139 e. The van der Waals surface area contributed by atoms with E-state index in [0.717, 1.165) is 19.4 Å². The molecule has 0 bridgehead atoms. The molecular weight excluding hydrogens is 204 g/mol. The van der Waals surface area contributed by atoms with Crippen molar-refractivity contribution < 1.29 is 5.21 Å². The number of nitrogens with two attached hydrogens (primary N) is 1. The molecule has 1 aromatic rings. The zero-order valence-corrected chi connectivity index (χ0v) is 8.48. The second-order valence-electron chi connectivity index (χ2n) is 2.97. The Balaban J connectivity index is 2.16. The van der Waals surface area contributed by atoms with Gasteiger partial charge in [0.1, 0.15) is 5.84 Å². The number of aryl methyl sites for hydroxylation is 1. The summed E-state index contributed by atoms with van der Waals surface area (Å²) in [4.78, 5) is 0. The molecule has 1 heterocycles. The van der Waals surface area contributed by atoms with Gasteiger partial charge in [-0.3, -0.25) is 4.68 Å². The summed E-state index contributed by atoms with van der Waals surface area (Å²) in [7, 11) is 0. The Labute approximate surface area is 87.2 Å². The molecule has 0 saturated heterocycles. The summed E-state index contributed by atoms with van der Waals surface area (Å²) in [6, 6.07) is 0. The van der Waals surface area contributed by atoms with Crippen LogP contribution < -0.4 is 5.73 Å². The number of rotatable bonds is 5. The summed E-state index contributed by atoms with van der Waals surface area (Å²) < 4.78 is 1.77. The highest BCUT2D eigenvalue weighted by molar-refractivity contribution is 6.30. The molecule has 1 rings (SSSR count). The molecule has 78 valence electrons. The van der Waals surface area contributed by atoms with Crippen LogP contribution in [0.1, 0.15) is 19.3 Å². The van der Waals surface area contributed by atoms with Gasteiger partial charge in [-0.25, -0.2) is 0 Å². The lowest BCUT2D eigenvalue weighted by Gasteiger charge is -2.00. The van der Waals surface area contributed by atoms with Crippen LogP contribution in [0.15, 0.2) is 17.5 Å². The number of amidine groups is 1. The molecule has 0 aliphatic rings. The first-order valence-electron chi connectivity index (χ1n) is 4.36. The van der Waals surface area contributed by atoms with Crippen molar-refractivity contribution in [2.45, 2.75) is 25.8 Å². The predicted octanol–water partition coefficient (Wildman–Crippen LogP) is 1.45. The lowest BCUT2D eigenvalue weighted by Crippen LogP contribution is -2.11. The molecule has 0 atom stereocenters. The molecule has 0 saturated carbocycles. The largest absolute Gasteiger partial charge is 0.409 e. The second-order valence-corrected chi connectivity index (χ2v) is 3.41. The molecule has 14 heavy (non-hydrogen) atoms. The van der Waals surface area contributed by atoms with Gasteiger partial charge in [0.25, 0.3) is 0 Å².